The molecule has 130 valence electrons. The molecule has 0 aliphatic rings. The van der Waals surface area contributed by atoms with Gasteiger partial charge in [0.25, 0.3) is 5.91 Å². The van der Waals surface area contributed by atoms with Crippen LogP contribution < -0.4 is 10.1 Å². The molecule has 1 heterocycles. The monoisotopic (exact) mass is 358 g/mol. The normalized spacial score (nSPS) is 11.4. The van der Waals surface area contributed by atoms with Crippen molar-refractivity contribution in [3.05, 3.63) is 45.8 Å². The second kappa shape index (κ2) is 7.81. The van der Waals surface area contributed by atoms with Gasteiger partial charge in [-0.3, -0.25) is 4.79 Å². The molecule has 0 saturated heterocycles. The van der Waals surface area contributed by atoms with Gasteiger partial charge in [0.1, 0.15) is 16.8 Å². The molecule has 0 radical (unpaired) electrons. The van der Waals surface area contributed by atoms with Crippen molar-refractivity contribution < 1.29 is 19.4 Å². The molecule has 2 rings (SSSR count). The van der Waals surface area contributed by atoms with E-state index < -0.39 is 18.0 Å². The van der Waals surface area contributed by atoms with Gasteiger partial charge < -0.3 is 15.2 Å². The number of thiophene rings is 1. The van der Waals surface area contributed by atoms with Crippen molar-refractivity contribution in [1.29, 1.82) is 5.26 Å². The average Bonchev–Trinajstić information content (AvgIpc) is 2.90. The van der Waals surface area contributed by atoms with Gasteiger partial charge in [-0.25, -0.2) is 4.79 Å². The zero-order valence-electron chi connectivity index (χ0n) is 14.1. The number of nitrogens with zero attached hydrogens (tertiary/aromatic N) is 1. The number of ether oxygens (including phenoxy) is 1. The summed E-state index contributed by atoms with van der Waals surface area (Å²) in [5.74, 6) is -1.23. The fraction of sp³-hybridized carbons (Fsp3) is 0.278. The number of carbonyl (C=O) groups excluding carboxylic acids is 1. The summed E-state index contributed by atoms with van der Waals surface area (Å²) in [7, 11) is 0. The molecule has 0 aliphatic carbocycles. The van der Waals surface area contributed by atoms with E-state index in [1.54, 1.807) is 31.2 Å². The molecule has 0 spiro atoms. The summed E-state index contributed by atoms with van der Waals surface area (Å²) in [4.78, 5) is 24.8. The lowest BCUT2D eigenvalue weighted by Gasteiger charge is -2.15. The maximum atomic E-state index is 12.4. The number of nitriles is 1. The molecule has 1 atom stereocenters. The highest BCUT2D eigenvalue weighted by Gasteiger charge is 2.24. The van der Waals surface area contributed by atoms with Gasteiger partial charge in [-0.1, -0.05) is 19.1 Å². The predicted octanol–water partition coefficient (Wildman–Crippen LogP) is 3.59. The number of carboxylic acid groups (broad SMARTS) is 1. The van der Waals surface area contributed by atoms with Crippen LogP contribution in [0.25, 0.3) is 0 Å². The first-order valence-electron chi connectivity index (χ1n) is 7.71. The highest BCUT2D eigenvalue weighted by Crippen LogP contribution is 2.33. The third kappa shape index (κ3) is 3.98. The largest absolute Gasteiger partial charge is 0.480 e. The van der Waals surface area contributed by atoms with Gasteiger partial charge in [0.2, 0.25) is 0 Å². The molecule has 0 aliphatic heterocycles. The molecule has 25 heavy (non-hydrogen) atoms. The first-order chi connectivity index (χ1) is 11.9. The number of carboxylic acids is 1. The summed E-state index contributed by atoms with van der Waals surface area (Å²) in [6, 6.07) is 8.61. The molecular weight excluding hydrogens is 340 g/mol. The Kier molecular flexibility index (Phi) is 5.78. The number of aryl methyl sites for hydroxylation is 1. The summed E-state index contributed by atoms with van der Waals surface area (Å²) < 4.78 is 5.56. The van der Waals surface area contributed by atoms with Crippen molar-refractivity contribution in [2.45, 2.75) is 33.3 Å². The molecule has 0 fully saturated rings. The molecule has 0 saturated carbocycles. The summed E-state index contributed by atoms with van der Waals surface area (Å²) in [6.45, 7) is 5.25. The van der Waals surface area contributed by atoms with E-state index in [0.717, 1.165) is 10.4 Å². The van der Waals surface area contributed by atoms with Crippen molar-refractivity contribution in [2.24, 2.45) is 0 Å². The van der Waals surface area contributed by atoms with E-state index in [2.05, 4.69) is 5.32 Å². The minimum atomic E-state index is -1.07. The Morgan fingerprint density at radius 1 is 1.40 bits per heavy atom. The summed E-state index contributed by atoms with van der Waals surface area (Å²) in [6.07, 6.45) is -0.315. The van der Waals surface area contributed by atoms with Crippen molar-refractivity contribution in [2.75, 3.05) is 5.32 Å². The second-order valence-electron chi connectivity index (χ2n) is 5.36. The van der Waals surface area contributed by atoms with Crippen LogP contribution in [0.4, 0.5) is 5.00 Å². The highest BCUT2D eigenvalue weighted by atomic mass is 32.1. The summed E-state index contributed by atoms with van der Waals surface area (Å²) in [5.41, 5.74) is 1.17. The van der Waals surface area contributed by atoms with Crippen LogP contribution in [-0.4, -0.2) is 23.1 Å². The lowest BCUT2D eigenvalue weighted by atomic mass is 10.1. The minimum absolute atomic E-state index is 0.128. The predicted molar refractivity (Wildman–Crippen MR) is 95.3 cm³/mol. The Bertz CT molecular complexity index is 851. The number of para-hydroxylation sites is 1. The topological polar surface area (TPSA) is 99.4 Å². The van der Waals surface area contributed by atoms with Crippen LogP contribution in [0.5, 0.6) is 5.75 Å². The number of rotatable bonds is 6. The number of anilines is 1. The van der Waals surface area contributed by atoms with Gasteiger partial charge in [0.05, 0.1) is 11.1 Å². The number of hydrogen-bond donors (Lipinski definition) is 2. The SMILES string of the molecule is CCc1c(C)sc(NC(=O)C(C)Oc2ccccc2C#N)c1C(=O)O. The third-order valence-corrected chi connectivity index (χ3v) is 4.76. The number of carbonyl (C=O) groups is 2. The molecule has 1 amide bonds. The molecule has 6 nitrogen and oxygen atoms in total. The molecule has 1 aromatic carbocycles. The Hall–Kier alpha value is -2.85. The Balaban J connectivity index is 2.20. The molecule has 1 aromatic heterocycles. The number of hydrogen-bond acceptors (Lipinski definition) is 5. The van der Waals surface area contributed by atoms with Crippen molar-refractivity contribution in [3.8, 4) is 11.8 Å². The smallest absolute Gasteiger partial charge is 0.339 e. The van der Waals surface area contributed by atoms with E-state index in [-0.39, 0.29) is 5.56 Å². The molecular formula is C18H18N2O4S. The number of amides is 1. The van der Waals surface area contributed by atoms with Crippen LogP contribution in [0.3, 0.4) is 0 Å². The van der Waals surface area contributed by atoms with E-state index in [9.17, 15) is 14.7 Å². The minimum Gasteiger partial charge on any atom is -0.480 e. The lowest BCUT2D eigenvalue weighted by Crippen LogP contribution is -2.30. The highest BCUT2D eigenvalue weighted by molar-refractivity contribution is 7.16. The number of aromatic carboxylic acids is 1. The van der Waals surface area contributed by atoms with Crippen LogP contribution >= 0.6 is 11.3 Å². The summed E-state index contributed by atoms with van der Waals surface area (Å²) >= 11 is 1.23. The number of nitrogens with one attached hydrogen (secondary N) is 1. The first kappa shape index (κ1) is 18.5. The van der Waals surface area contributed by atoms with Gasteiger partial charge in [0, 0.05) is 4.88 Å². The van der Waals surface area contributed by atoms with Gasteiger partial charge in [-0.15, -0.1) is 11.3 Å². The molecule has 7 heteroatoms. The van der Waals surface area contributed by atoms with Crippen LogP contribution in [0.15, 0.2) is 24.3 Å². The second-order valence-corrected chi connectivity index (χ2v) is 6.58. The van der Waals surface area contributed by atoms with Crippen LogP contribution in [0.2, 0.25) is 0 Å². The van der Waals surface area contributed by atoms with Gasteiger partial charge >= 0.3 is 5.97 Å². The van der Waals surface area contributed by atoms with E-state index >= 15 is 0 Å². The maximum Gasteiger partial charge on any atom is 0.339 e. The van der Waals surface area contributed by atoms with E-state index in [1.165, 1.54) is 11.3 Å². The Morgan fingerprint density at radius 2 is 2.08 bits per heavy atom. The summed E-state index contributed by atoms with van der Waals surface area (Å²) in [5, 5.41) is 21.4. The quantitative estimate of drug-likeness (QED) is 0.822. The Labute approximate surface area is 149 Å². The van der Waals surface area contributed by atoms with Crippen molar-refractivity contribution in [3.63, 3.8) is 0 Å². The maximum absolute atomic E-state index is 12.4. The molecule has 2 aromatic rings. The van der Waals surface area contributed by atoms with Crippen molar-refractivity contribution >= 4 is 28.2 Å². The average molecular weight is 358 g/mol. The molecule has 2 N–H and O–H groups in total. The zero-order valence-corrected chi connectivity index (χ0v) is 14.9. The zero-order chi connectivity index (χ0) is 18.6. The van der Waals surface area contributed by atoms with Gasteiger partial charge in [-0.05, 0) is 38.0 Å². The van der Waals surface area contributed by atoms with Gasteiger partial charge in [-0.2, -0.15) is 5.26 Å². The fourth-order valence-electron chi connectivity index (χ4n) is 2.44. The van der Waals surface area contributed by atoms with Crippen LogP contribution in [0.1, 0.15) is 40.2 Å². The Morgan fingerprint density at radius 3 is 2.68 bits per heavy atom. The van der Waals surface area contributed by atoms with E-state index in [1.807, 2.05) is 19.9 Å². The fourth-order valence-corrected chi connectivity index (χ4v) is 3.58. The van der Waals surface area contributed by atoms with Crippen LogP contribution in [0, 0.1) is 18.3 Å². The lowest BCUT2D eigenvalue weighted by molar-refractivity contribution is -0.122. The van der Waals surface area contributed by atoms with Crippen molar-refractivity contribution in [1.82, 2.24) is 0 Å². The van der Waals surface area contributed by atoms with E-state index in [0.29, 0.717) is 22.7 Å². The van der Waals surface area contributed by atoms with Crippen LogP contribution in [-0.2, 0) is 11.2 Å². The molecule has 1 unspecified atom stereocenters. The number of benzene rings is 1. The van der Waals surface area contributed by atoms with E-state index in [4.69, 9.17) is 10.00 Å². The first-order valence-corrected chi connectivity index (χ1v) is 8.52. The molecule has 0 bridgehead atoms. The standard InChI is InChI=1S/C18H18N2O4S/c1-4-13-11(3)25-17(15(13)18(22)23)20-16(21)10(2)24-14-8-6-5-7-12(14)9-19/h5-8,10H,4H2,1-3H3,(H,20,21)(H,22,23). The third-order valence-electron chi connectivity index (χ3n) is 3.69. The van der Waals surface area contributed by atoms with Gasteiger partial charge in [0.15, 0.2) is 6.10 Å².